The van der Waals surface area contributed by atoms with E-state index in [1.807, 2.05) is 33.8 Å². The number of rotatable bonds is 5. The van der Waals surface area contributed by atoms with E-state index in [-0.39, 0.29) is 30.7 Å². The van der Waals surface area contributed by atoms with Gasteiger partial charge in [0.15, 0.2) is 11.8 Å². The molecular formula is C35H49FN4O6. The summed E-state index contributed by atoms with van der Waals surface area (Å²) in [6, 6.07) is 6.41. The summed E-state index contributed by atoms with van der Waals surface area (Å²) in [6.07, 6.45) is 5.00. The number of ether oxygens (including phenoxy) is 4. The predicted molar refractivity (Wildman–Crippen MR) is 173 cm³/mol. The summed E-state index contributed by atoms with van der Waals surface area (Å²) >= 11 is 0. The van der Waals surface area contributed by atoms with Crippen LogP contribution in [0.5, 0.6) is 5.75 Å². The molecule has 10 nitrogen and oxygen atoms in total. The maximum Gasteiger partial charge on any atom is 0.337 e. The summed E-state index contributed by atoms with van der Waals surface area (Å²) < 4.78 is 41.2. The van der Waals surface area contributed by atoms with Crippen molar-refractivity contribution in [1.29, 1.82) is 0 Å². The first-order valence-corrected chi connectivity index (χ1v) is 16.6. The van der Waals surface area contributed by atoms with Crippen LogP contribution in [0.3, 0.4) is 0 Å². The SMILES string of the molecule is CCCC1CCCCOC2(C)CCN(CC2)c2c(C(OC(C)(C)C)C(=O)O)c(C)nc3cc(nn23)COCc2cc(F)ccc2O1. The number of hydrogen-bond acceptors (Lipinski definition) is 8. The highest BCUT2D eigenvalue weighted by Crippen LogP contribution is 2.38. The van der Waals surface area contributed by atoms with Crippen LogP contribution in [-0.2, 0) is 32.2 Å². The average Bonchev–Trinajstić information content (AvgIpc) is 3.38. The average molecular weight is 641 g/mol. The highest BCUT2D eigenvalue weighted by atomic mass is 19.1. The van der Waals surface area contributed by atoms with E-state index in [4.69, 9.17) is 29.0 Å². The maximum atomic E-state index is 14.3. The number of piperidine rings is 1. The van der Waals surface area contributed by atoms with Crippen LogP contribution in [0, 0.1) is 12.7 Å². The van der Waals surface area contributed by atoms with Crippen molar-refractivity contribution in [3.05, 3.63) is 52.6 Å². The van der Waals surface area contributed by atoms with Crippen molar-refractivity contribution in [2.75, 3.05) is 24.6 Å². The van der Waals surface area contributed by atoms with Crippen LogP contribution in [0.4, 0.5) is 10.2 Å². The first-order valence-electron chi connectivity index (χ1n) is 16.6. The predicted octanol–water partition coefficient (Wildman–Crippen LogP) is 6.94. The van der Waals surface area contributed by atoms with Crippen LogP contribution in [0.2, 0.25) is 0 Å². The Hall–Kier alpha value is -3.28. The molecule has 3 aromatic rings. The van der Waals surface area contributed by atoms with Crippen LogP contribution < -0.4 is 9.64 Å². The number of anilines is 1. The number of fused-ring (bicyclic) bond motifs is 10. The summed E-state index contributed by atoms with van der Waals surface area (Å²) in [7, 11) is 0. The van der Waals surface area contributed by atoms with E-state index in [1.165, 1.54) is 12.1 Å². The van der Waals surface area contributed by atoms with Crippen molar-refractivity contribution in [2.24, 2.45) is 0 Å². The summed E-state index contributed by atoms with van der Waals surface area (Å²) in [4.78, 5) is 19.7. The number of nitrogens with zero attached hydrogens (tertiary/aromatic N) is 4. The van der Waals surface area contributed by atoms with Gasteiger partial charge in [0.1, 0.15) is 17.4 Å². The third kappa shape index (κ3) is 8.16. The Morgan fingerprint density at radius 2 is 1.96 bits per heavy atom. The summed E-state index contributed by atoms with van der Waals surface area (Å²) in [5.74, 6) is -0.153. The number of aliphatic carboxylic acids is 1. The number of carbonyl (C=O) groups is 1. The molecular weight excluding hydrogens is 591 g/mol. The lowest BCUT2D eigenvalue weighted by molar-refractivity contribution is -0.160. The molecule has 5 heterocycles. The van der Waals surface area contributed by atoms with Gasteiger partial charge < -0.3 is 29.0 Å². The van der Waals surface area contributed by atoms with Crippen molar-refractivity contribution in [3.63, 3.8) is 0 Å². The number of hydrogen-bond donors (Lipinski definition) is 1. The van der Waals surface area contributed by atoms with Gasteiger partial charge in [-0.05, 0) is 91.3 Å². The first-order chi connectivity index (χ1) is 21.9. The normalized spacial score (nSPS) is 22.4. The van der Waals surface area contributed by atoms with E-state index in [0.717, 1.165) is 44.9 Å². The number of carboxylic acid groups (broad SMARTS) is 1. The van der Waals surface area contributed by atoms with Gasteiger partial charge in [0.05, 0.1) is 41.8 Å². The molecule has 2 unspecified atom stereocenters. The fourth-order valence-corrected chi connectivity index (χ4v) is 6.36. The van der Waals surface area contributed by atoms with Crippen LogP contribution in [0.15, 0.2) is 24.3 Å². The molecule has 4 bridgehead atoms. The van der Waals surface area contributed by atoms with Gasteiger partial charge in [0.2, 0.25) is 0 Å². The van der Waals surface area contributed by atoms with E-state index < -0.39 is 17.7 Å². The standard InChI is InChI=1S/C35H49FN4O6/c1-7-10-27-11-8-9-18-44-35(6)14-16-39(17-15-35)32-30(31(33(41)42)46-34(3,4)5)23(2)37-29-20-26(38-40(29)32)22-43-21-24-19-25(36)12-13-28(24)45-27/h12-13,19-20,27,31H,7-11,14-18,21-22H2,1-6H3,(H,41,42). The molecule has 2 aromatic heterocycles. The zero-order valence-electron chi connectivity index (χ0n) is 28.1. The fraction of sp³-hybridized carbons (Fsp3) is 0.629. The van der Waals surface area contributed by atoms with Gasteiger partial charge in [-0.3, -0.25) is 0 Å². The minimum atomic E-state index is -1.24. The summed E-state index contributed by atoms with van der Waals surface area (Å²) in [5, 5.41) is 15.2. The van der Waals surface area contributed by atoms with E-state index in [1.54, 1.807) is 10.6 Å². The Bertz CT molecular complexity index is 1510. The highest BCUT2D eigenvalue weighted by Gasteiger charge is 2.37. The lowest BCUT2D eigenvalue weighted by Crippen LogP contribution is -2.46. The minimum absolute atomic E-state index is 0.0240. The van der Waals surface area contributed by atoms with Crippen LogP contribution >= 0.6 is 0 Å². The van der Waals surface area contributed by atoms with Gasteiger partial charge in [-0.25, -0.2) is 14.2 Å². The molecule has 0 aliphatic carbocycles. The molecule has 252 valence electrons. The number of halogens is 1. The monoisotopic (exact) mass is 640 g/mol. The molecule has 0 radical (unpaired) electrons. The lowest BCUT2D eigenvalue weighted by atomic mass is 9.92. The Balaban J connectivity index is 1.55. The van der Waals surface area contributed by atoms with Crippen molar-refractivity contribution >= 4 is 17.4 Å². The largest absolute Gasteiger partial charge is 0.490 e. The maximum absolute atomic E-state index is 14.3. The Kier molecular flexibility index (Phi) is 10.5. The molecule has 6 rings (SSSR count). The van der Waals surface area contributed by atoms with Crippen molar-refractivity contribution in [3.8, 4) is 5.75 Å². The second-order valence-electron chi connectivity index (χ2n) is 13.8. The smallest absolute Gasteiger partial charge is 0.337 e. The van der Waals surface area contributed by atoms with Gasteiger partial charge in [0, 0.05) is 37.0 Å². The van der Waals surface area contributed by atoms with Crippen molar-refractivity contribution in [2.45, 2.75) is 123 Å². The van der Waals surface area contributed by atoms with E-state index in [9.17, 15) is 14.3 Å². The van der Waals surface area contributed by atoms with Gasteiger partial charge in [-0.15, -0.1) is 0 Å². The molecule has 0 amide bonds. The molecule has 1 saturated heterocycles. The molecule has 3 aliphatic heterocycles. The van der Waals surface area contributed by atoms with Gasteiger partial charge in [-0.2, -0.15) is 9.61 Å². The Labute approximate surface area is 271 Å². The summed E-state index contributed by atoms with van der Waals surface area (Å²) in [5.41, 5.74) is 1.90. The molecule has 3 aliphatic rings. The number of benzene rings is 1. The first kappa shape index (κ1) is 34.1. The van der Waals surface area contributed by atoms with E-state index in [0.29, 0.717) is 59.4 Å². The van der Waals surface area contributed by atoms with Crippen molar-refractivity contribution in [1.82, 2.24) is 14.6 Å². The summed E-state index contributed by atoms with van der Waals surface area (Å²) in [6.45, 7) is 13.9. The van der Waals surface area contributed by atoms with E-state index in [2.05, 4.69) is 18.7 Å². The lowest BCUT2D eigenvalue weighted by Gasteiger charge is -2.41. The highest BCUT2D eigenvalue weighted by molar-refractivity contribution is 5.78. The van der Waals surface area contributed by atoms with Crippen LogP contribution in [0.1, 0.15) is 108 Å². The quantitative estimate of drug-likeness (QED) is 0.317. The third-order valence-corrected chi connectivity index (χ3v) is 8.74. The number of aryl methyl sites for hydroxylation is 1. The third-order valence-electron chi connectivity index (χ3n) is 8.74. The fourth-order valence-electron chi connectivity index (χ4n) is 6.36. The zero-order valence-corrected chi connectivity index (χ0v) is 28.1. The van der Waals surface area contributed by atoms with Crippen molar-refractivity contribution < 1.29 is 33.2 Å². The molecule has 0 spiro atoms. The molecule has 1 fully saturated rings. The van der Waals surface area contributed by atoms with Gasteiger partial charge in [-0.1, -0.05) is 13.3 Å². The molecule has 1 aromatic carbocycles. The Morgan fingerprint density at radius 1 is 1.20 bits per heavy atom. The van der Waals surface area contributed by atoms with Gasteiger partial charge in [0.25, 0.3) is 0 Å². The van der Waals surface area contributed by atoms with Gasteiger partial charge >= 0.3 is 5.97 Å². The number of aromatic nitrogens is 3. The zero-order chi connectivity index (χ0) is 33.1. The second-order valence-corrected chi connectivity index (χ2v) is 13.8. The molecule has 46 heavy (non-hydrogen) atoms. The second kappa shape index (κ2) is 14.2. The topological polar surface area (TPSA) is 108 Å². The van der Waals surface area contributed by atoms with E-state index >= 15 is 0 Å². The van der Waals surface area contributed by atoms with Crippen LogP contribution in [0.25, 0.3) is 5.65 Å². The molecule has 11 heteroatoms. The minimum Gasteiger partial charge on any atom is -0.490 e. The Morgan fingerprint density at radius 3 is 2.65 bits per heavy atom. The number of carboxylic acids is 1. The molecule has 2 atom stereocenters. The molecule has 1 N–H and O–H groups in total. The molecule has 0 saturated carbocycles. The van der Waals surface area contributed by atoms with Crippen LogP contribution in [-0.4, -0.2) is 62.7 Å².